The maximum Gasteiger partial charge on any atom is 0.268 e. The fraction of sp³-hybridized carbons (Fsp3) is 0.250. The molecule has 1 aromatic heterocycles. The van der Waals surface area contributed by atoms with Gasteiger partial charge in [0.05, 0.1) is 17.1 Å². The predicted octanol–water partition coefficient (Wildman–Crippen LogP) is 5.12. The van der Waals surface area contributed by atoms with E-state index in [9.17, 15) is 9.59 Å². The molecule has 6 heteroatoms. The van der Waals surface area contributed by atoms with Gasteiger partial charge in [-0.05, 0) is 36.9 Å². The number of para-hydroxylation sites is 1. The summed E-state index contributed by atoms with van der Waals surface area (Å²) < 4.78 is -0.238. The van der Waals surface area contributed by atoms with Gasteiger partial charge in [-0.2, -0.15) is 0 Å². The number of benzene rings is 2. The minimum absolute atomic E-state index is 0.0342. The van der Waals surface area contributed by atoms with E-state index in [4.69, 9.17) is 0 Å². The van der Waals surface area contributed by atoms with E-state index in [-0.39, 0.29) is 16.6 Å². The Morgan fingerprint density at radius 1 is 1.00 bits per heavy atom. The van der Waals surface area contributed by atoms with Gasteiger partial charge in [-0.1, -0.05) is 54.6 Å². The number of carbonyl (C=O) groups is 2. The molecule has 0 aliphatic carbocycles. The van der Waals surface area contributed by atoms with Crippen LogP contribution in [-0.4, -0.2) is 28.0 Å². The summed E-state index contributed by atoms with van der Waals surface area (Å²) in [6, 6.07) is 21.6. The SMILES string of the molecule is CC1(C)CN(C(=O)c2cccs2)[C@]2(S1)C(=O)N(Cc1ccccc1)c1ccccc12. The van der Waals surface area contributed by atoms with Gasteiger partial charge in [0.2, 0.25) is 0 Å². The van der Waals surface area contributed by atoms with Crippen LogP contribution in [0.3, 0.4) is 0 Å². The van der Waals surface area contributed by atoms with Crippen molar-refractivity contribution in [1.29, 1.82) is 0 Å². The molecule has 0 saturated carbocycles. The van der Waals surface area contributed by atoms with E-state index in [1.165, 1.54) is 11.3 Å². The Balaban J connectivity index is 1.64. The van der Waals surface area contributed by atoms with Gasteiger partial charge in [-0.15, -0.1) is 23.1 Å². The van der Waals surface area contributed by atoms with Gasteiger partial charge in [-0.3, -0.25) is 9.59 Å². The van der Waals surface area contributed by atoms with Crippen LogP contribution in [-0.2, 0) is 16.2 Å². The summed E-state index contributed by atoms with van der Waals surface area (Å²) in [5.74, 6) is -0.110. The van der Waals surface area contributed by atoms with Gasteiger partial charge in [-0.25, -0.2) is 0 Å². The average Bonchev–Trinajstić information content (AvgIpc) is 3.43. The van der Waals surface area contributed by atoms with Gasteiger partial charge in [0, 0.05) is 16.9 Å². The number of nitrogens with zero attached hydrogens (tertiary/aromatic N) is 2. The van der Waals surface area contributed by atoms with Crippen LogP contribution in [0.15, 0.2) is 72.1 Å². The van der Waals surface area contributed by atoms with E-state index < -0.39 is 4.87 Å². The van der Waals surface area contributed by atoms with Crippen LogP contribution in [0.2, 0.25) is 0 Å². The molecular formula is C24H22N2O2S2. The number of fused-ring (bicyclic) bond motifs is 2. The van der Waals surface area contributed by atoms with Crippen LogP contribution < -0.4 is 4.90 Å². The Kier molecular flexibility index (Phi) is 4.52. The summed E-state index contributed by atoms with van der Waals surface area (Å²) in [6.45, 7) is 5.22. The Morgan fingerprint density at radius 3 is 2.47 bits per heavy atom. The standard InChI is InChI=1S/C24H22N2O2S2/c1-23(2)16-26(21(27)20-13-8-14-29-20)24(30-23)18-11-6-7-12-19(18)25(22(24)28)15-17-9-4-3-5-10-17/h3-14H,15-16H2,1-2H3/t24-/m1/s1. The molecule has 3 aromatic rings. The van der Waals surface area contributed by atoms with Crippen LogP contribution in [0.1, 0.15) is 34.6 Å². The van der Waals surface area contributed by atoms with Crippen LogP contribution >= 0.6 is 23.1 Å². The highest BCUT2D eigenvalue weighted by Gasteiger charge is 2.63. The molecule has 3 heterocycles. The first kappa shape index (κ1) is 19.4. The van der Waals surface area contributed by atoms with Crippen LogP contribution in [0.4, 0.5) is 5.69 Å². The summed E-state index contributed by atoms with van der Waals surface area (Å²) in [5.41, 5.74) is 2.86. The highest BCUT2D eigenvalue weighted by Crippen LogP contribution is 2.60. The molecule has 0 radical (unpaired) electrons. The number of anilines is 1. The summed E-state index contributed by atoms with van der Waals surface area (Å²) in [4.78, 5) is 30.9. The Morgan fingerprint density at radius 2 is 1.73 bits per heavy atom. The lowest BCUT2D eigenvalue weighted by Gasteiger charge is -2.33. The van der Waals surface area contributed by atoms with Gasteiger partial charge in [0.1, 0.15) is 0 Å². The highest BCUT2D eigenvalue weighted by atomic mass is 32.2. The van der Waals surface area contributed by atoms with E-state index >= 15 is 0 Å². The molecule has 0 bridgehead atoms. The third-order valence-electron chi connectivity index (χ3n) is 5.60. The quantitative estimate of drug-likeness (QED) is 0.575. The van der Waals surface area contributed by atoms with Crippen LogP contribution in [0.25, 0.3) is 0 Å². The second-order valence-electron chi connectivity index (χ2n) is 8.27. The van der Waals surface area contributed by atoms with Crippen LogP contribution in [0, 0.1) is 0 Å². The summed E-state index contributed by atoms with van der Waals surface area (Å²) in [5, 5.41) is 1.90. The molecule has 1 atom stereocenters. The number of hydrogen-bond acceptors (Lipinski definition) is 4. The Bertz CT molecular complexity index is 1110. The lowest BCUT2D eigenvalue weighted by atomic mass is 10.0. The molecule has 30 heavy (non-hydrogen) atoms. The maximum atomic E-state index is 14.1. The van der Waals surface area contributed by atoms with Crippen molar-refractivity contribution in [2.75, 3.05) is 11.4 Å². The maximum absolute atomic E-state index is 14.1. The Hall–Kier alpha value is -2.57. The van der Waals surface area contributed by atoms with E-state index in [1.807, 2.05) is 77.0 Å². The molecule has 1 fully saturated rings. The predicted molar refractivity (Wildman–Crippen MR) is 123 cm³/mol. The van der Waals surface area contributed by atoms with Crippen molar-refractivity contribution in [3.05, 3.63) is 88.1 Å². The number of amides is 2. The number of hydrogen-bond donors (Lipinski definition) is 0. The molecule has 152 valence electrons. The zero-order valence-electron chi connectivity index (χ0n) is 16.9. The third kappa shape index (κ3) is 2.89. The zero-order chi connectivity index (χ0) is 20.9. The van der Waals surface area contributed by atoms with Crippen molar-refractivity contribution in [3.63, 3.8) is 0 Å². The first-order chi connectivity index (χ1) is 14.4. The van der Waals surface area contributed by atoms with Gasteiger partial charge in [0.15, 0.2) is 4.87 Å². The topological polar surface area (TPSA) is 40.6 Å². The fourth-order valence-electron chi connectivity index (χ4n) is 4.41. The molecule has 4 nitrogen and oxygen atoms in total. The molecule has 0 unspecified atom stereocenters. The largest absolute Gasteiger partial charge is 0.309 e. The molecular weight excluding hydrogens is 412 g/mol. The van der Waals surface area contributed by atoms with Crippen molar-refractivity contribution in [2.24, 2.45) is 0 Å². The normalized spacial score (nSPS) is 22.0. The molecule has 2 aliphatic heterocycles. The molecule has 1 spiro atoms. The van der Waals surface area contributed by atoms with Crippen molar-refractivity contribution in [2.45, 2.75) is 30.0 Å². The number of rotatable bonds is 3. The molecule has 2 amide bonds. The van der Waals surface area contributed by atoms with Crippen molar-refractivity contribution >= 4 is 40.6 Å². The average molecular weight is 435 g/mol. The van der Waals surface area contributed by atoms with E-state index in [0.717, 1.165) is 16.8 Å². The van der Waals surface area contributed by atoms with Crippen molar-refractivity contribution < 1.29 is 9.59 Å². The smallest absolute Gasteiger partial charge is 0.268 e. The second-order valence-corrected chi connectivity index (χ2v) is 11.1. The summed E-state index contributed by atoms with van der Waals surface area (Å²) in [6.07, 6.45) is 0. The Labute approximate surface area is 184 Å². The zero-order valence-corrected chi connectivity index (χ0v) is 18.5. The molecule has 1 saturated heterocycles. The molecule has 0 N–H and O–H groups in total. The number of thiophene rings is 1. The van der Waals surface area contributed by atoms with E-state index in [0.29, 0.717) is 18.0 Å². The van der Waals surface area contributed by atoms with E-state index in [2.05, 4.69) is 13.8 Å². The minimum atomic E-state index is -1.03. The molecule has 2 aromatic carbocycles. The lowest BCUT2D eigenvalue weighted by molar-refractivity contribution is -0.123. The molecule has 2 aliphatic rings. The molecule has 5 rings (SSSR count). The van der Waals surface area contributed by atoms with Crippen LogP contribution in [0.5, 0.6) is 0 Å². The van der Waals surface area contributed by atoms with E-state index in [1.54, 1.807) is 16.7 Å². The fourth-order valence-corrected chi connectivity index (χ4v) is 6.82. The summed E-state index contributed by atoms with van der Waals surface area (Å²) >= 11 is 3.02. The first-order valence-corrected chi connectivity index (χ1v) is 11.6. The van der Waals surface area contributed by atoms with Gasteiger partial charge < -0.3 is 9.80 Å². The first-order valence-electron chi connectivity index (χ1n) is 9.93. The lowest BCUT2D eigenvalue weighted by Crippen LogP contribution is -2.50. The van der Waals surface area contributed by atoms with Crippen molar-refractivity contribution in [1.82, 2.24) is 4.90 Å². The second kappa shape index (κ2) is 7.00. The summed E-state index contributed by atoms with van der Waals surface area (Å²) in [7, 11) is 0. The van der Waals surface area contributed by atoms with Crippen molar-refractivity contribution in [3.8, 4) is 0 Å². The monoisotopic (exact) mass is 434 g/mol. The third-order valence-corrected chi connectivity index (χ3v) is 8.05. The number of carbonyl (C=O) groups excluding carboxylic acids is 2. The van der Waals surface area contributed by atoms with Gasteiger partial charge >= 0.3 is 0 Å². The van der Waals surface area contributed by atoms with Gasteiger partial charge in [0.25, 0.3) is 11.8 Å². The highest BCUT2D eigenvalue weighted by molar-refractivity contribution is 8.02. The number of thioether (sulfide) groups is 1. The minimum Gasteiger partial charge on any atom is -0.309 e.